The largest absolute Gasteiger partial charge is 0.469 e. The van der Waals surface area contributed by atoms with E-state index < -0.39 is 6.09 Å². The Morgan fingerprint density at radius 1 is 1.35 bits per heavy atom. The number of cyclic esters (lactones) is 1. The monoisotopic (exact) mass is 286 g/mol. The predicted molar refractivity (Wildman–Crippen MR) is 65.9 cm³/mol. The molecule has 1 unspecified atom stereocenters. The molecule has 8 nitrogen and oxygen atoms in total. The summed E-state index contributed by atoms with van der Waals surface area (Å²) in [4.78, 5) is 37.4. The highest BCUT2D eigenvalue weighted by Gasteiger charge is 2.31. The first-order valence-corrected chi connectivity index (χ1v) is 6.48. The summed E-state index contributed by atoms with van der Waals surface area (Å²) in [6.45, 7) is 2.16. The van der Waals surface area contributed by atoms with Gasteiger partial charge in [-0.25, -0.2) is 9.69 Å². The lowest BCUT2D eigenvalue weighted by Gasteiger charge is -2.32. The molecule has 0 aliphatic carbocycles. The topological polar surface area (TPSA) is 85.4 Å². The first-order valence-electron chi connectivity index (χ1n) is 6.48. The van der Waals surface area contributed by atoms with Crippen molar-refractivity contribution in [1.29, 1.82) is 0 Å². The summed E-state index contributed by atoms with van der Waals surface area (Å²) in [7, 11) is 1.32. The molecule has 2 aliphatic rings. The van der Waals surface area contributed by atoms with Crippen LogP contribution in [0.3, 0.4) is 0 Å². The summed E-state index contributed by atoms with van der Waals surface area (Å²) in [5.41, 5.74) is 0. The van der Waals surface area contributed by atoms with E-state index in [0.717, 1.165) is 4.90 Å². The van der Waals surface area contributed by atoms with E-state index in [-0.39, 0.29) is 37.6 Å². The zero-order valence-electron chi connectivity index (χ0n) is 11.4. The quantitative estimate of drug-likeness (QED) is 0.627. The van der Waals surface area contributed by atoms with Gasteiger partial charge in [-0.15, -0.1) is 0 Å². The van der Waals surface area contributed by atoms with Gasteiger partial charge in [0.1, 0.15) is 6.61 Å². The van der Waals surface area contributed by atoms with Gasteiger partial charge in [-0.2, -0.15) is 0 Å². The third kappa shape index (κ3) is 3.67. The molecule has 1 atom stereocenters. The molecule has 8 heteroatoms. The number of carbonyl (C=O) groups excluding carboxylic acids is 3. The lowest BCUT2D eigenvalue weighted by molar-refractivity contribution is -0.146. The van der Waals surface area contributed by atoms with Crippen molar-refractivity contribution in [3.63, 3.8) is 0 Å². The van der Waals surface area contributed by atoms with Crippen LogP contribution in [0.5, 0.6) is 0 Å². The van der Waals surface area contributed by atoms with Gasteiger partial charge in [0.15, 0.2) is 0 Å². The molecular weight excluding hydrogens is 268 g/mol. The molecule has 0 saturated carbocycles. The van der Waals surface area contributed by atoms with E-state index in [2.05, 4.69) is 4.74 Å². The van der Waals surface area contributed by atoms with Crippen molar-refractivity contribution < 1.29 is 28.6 Å². The minimum Gasteiger partial charge on any atom is -0.469 e. The van der Waals surface area contributed by atoms with Crippen LogP contribution in [0.25, 0.3) is 0 Å². The highest BCUT2D eigenvalue weighted by molar-refractivity contribution is 5.94. The molecule has 0 N–H and O–H groups in total. The van der Waals surface area contributed by atoms with Crippen LogP contribution in [-0.2, 0) is 23.8 Å². The zero-order chi connectivity index (χ0) is 14.5. The number of carbonyl (C=O) groups is 3. The van der Waals surface area contributed by atoms with Gasteiger partial charge >= 0.3 is 12.1 Å². The third-order valence-electron chi connectivity index (χ3n) is 3.27. The van der Waals surface area contributed by atoms with Crippen molar-refractivity contribution in [3.8, 4) is 0 Å². The van der Waals surface area contributed by atoms with Crippen LogP contribution in [0.1, 0.15) is 6.42 Å². The molecule has 2 heterocycles. The molecule has 2 fully saturated rings. The second-order valence-corrected chi connectivity index (χ2v) is 4.67. The number of amides is 2. The second-order valence-electron chi connectivity index (χ2n) is 4.67. The Hall–Kier alpha value is -1.67. The summed E-state index contributed by atoms with van der Waals surface area (Å²) in [5.74, 6) is -0.627. The van der Waals surface area contributed by atoms with Crippen LogP contribution in [0.15, 0.2) is 0 Å². The smallest absolute Gasteiger partial charge is 0.416 e. The molecular formula is C12H18N2O6. The fourth-order valence-electron chi connectivity index (χ4n) is 2.21. The number of hydrogen-bond acceptors (Lipinski definition) is 7. The number of imide groups is 1. The lowest BCUT2D eigenvalue weighted by atomic mass is 10.2. The number of nitrogens with zero attached hydrogens (tertiary/aromatic N) is 2. The van der Waals surface area contributed by atoms with Gasteiger partial charge in [-0.05, 0) is 0 Å². The van der Waals surface area contributed by atoms with E-state index in [1.54, 1.807) is 0 Å². The number of hydrogen-bond donors (Lipinski definition) is 0. The Labute approximate surface area is 116 Å². The molecule has 0 spiro atoms. The normalized spacial score (nSPS) is 23.6. The summed E-state index contributed by atoms with van der Waals surface area (Å²) in [5, 5.41) is 0. The van der Waals surface area contributed by atoms with Crippen molar-refractivity contribution >= 4 is 18.0 Å². The predicted octanol–water partition coefficient (Wildman–Crippen LogP) is -0.771. The SMILES string of the molecule is COC(=O)CC1CN(CC(=O)N2CCOC2=O)CCO1. The molecule has 2 rings (SSSR count). The first kappa shape index (κ1) is 14.7. The lowest BCUT2D eigenvalue weighted by Crippen LogP contribution is -2.48. The van der Waals surface area contributed by atoms with Gasteiger partial charge in [0, 0.05) is 13.1 Å². The van der Waals surface area contributed by atoms with Crippen LogP contribution in [0, 0.1) is 0 Å². The highest BCUT2D eigenvalue weighted by atomic mass is 16.6. The number of morpholine rings is 1. The average Bonchev–Trinajstić information content (AvgIpc) is 2.85. The van der Waals surface area contributed by atoms with Crippen LogP contribution >= 0.6 is 0 Å². The summed E-state index contributed by atoms with van der Waals surface area (Å²) in [6.07, 6.45) is -0.712. The van der Waals surface area contributed by atoms with Crippen LogP contribution in [0.2, 0.25) is 0 Å². The molecule has 0 radical (unpaired) electrons. The molecule has 0 aromatic carbocycles. The molecule has 2 amide bonds. The van der Waals surface area contributed by atoms with Crippen LogP contribution < -0.4 is 0 Å². The Kier molecular flexibility index (Phi) is 4.91. The van der Waals surface area contributed by atoms with Gasteiger partial charge in [0.05, 0.1) is 39.3 Å². The van der Waals surface area contributed by atoms with Gasteiger partial charge in [-0.1, -0.05) is 0 Å². The van der Waals surface area contributed by atoms with E-state index in [0.29, 0.717) is 26.2 Å². The fourth-order valence-corrected chi connectivity index (χ4v) is 2.21. The number of methoxy groups -OCH3 is 1. The van der Waals surface area contributed by atoms with Crippen LogP contribution in [-0.4, -0.2) is 80.4 Å². The standard InChI is InChI=1S/C12H18N2O6/c1-18-11(16)6-9-7-13(2-4-19-9)8-10(15)14-3-5-20-12(14)17/h9H,2-8H2,1H3. The van der Waals surface area contributed by atoms with Gasteiger partial charge < -0.3 is 14.2 Å². The molecule has 20 heavy (non-hydrogen) atoms. The highest BCUT2D eigenvalue weighted by Crippen LogP contribution is 2.11. The summed E-state index contributed by atoms with van der Waals surface area (Å²) >= 11 is 0. The van der Waals surface area contributed by atoms with E-state index in [9.17, 15) is 14.4 Å². The van der Waals surface area contributed by atoms with Crippen molar-refractivity contribution in [2.45, 2.75) is 12.5 Å². The van der Waals surface area contributed by atoms with E-state index in [1.807, 2.05) is 4.90 Å². The molecule has 2 aliphatic heterocycles. The number of rotatable bonds is 4. The minimum atomic E-state index is -0.589. The van der Waals surface area contributed by atoms with Crippen molar-refractivity contribution in [2.75, 3.05) is 46.5 Å². The van der Waals surface area contributed by atoms with Crippen molar-refractivity contribution in [1.82, 2.24) is 9.80 Å². The zero-order valence-corrected chi connectivity index (χ0v) is 11.4. The molecule has 112 valence electrons. The van der Waals surface area contributed by atoms with E-state index in [1.165, 1.54) is 7.11 Å². The second kappa shape index (κ2) is 6.67. The van der Waals surface area contributed by atoms with Crippen molar-refractivity contribution in [2.24, 2.45) is 0 Å². The average molecular weight is 286 g/mol. The maximum absolute atomic E-state index is 12.0. The maximum Gasteiger partial charge on any atom is 0.416 e. The number of ether oxygens (including phenoxy) is 3. The first-order chi connectivity index (χ1) is 9.60. The molecule has 0 aromatic heterocycles. The Bertz CT molecular complexity index is 399. The van der Waals surface area contributed by atoms with E-state index >= 15 is 0 Å². The van der Waals surface area contributed by atoms with Gasteiger partial charge in [-0.3, -0.25) is 14.5 Å². The van der Waals surface area contributed by atoms with Gasteiger partial charge in [0.25, 0.3) is 0 Å². The number of esters is 1. The van der Waals surface area contributed by atoms with Crippen LogP contribution in [0.4, 0.5) is 4.79 Å². The van der Waals surface area contributed by atoms with Crippen molar-refractivity contribution in [3.05, 3.63) is 0 Å². The maximum atomic E-state index is 12.0. The molecule has 0 aromatic rings. The molecule has 0 bridgehead atoms. The van der Waals surface area contributed by atoms with E-state index in [4.69, 9.17) is 9.47 Å². The third-order valence-corrected chi connectivity index (χ3v) is 3.27. The summed E-state index contributed by atoms with van der Waals surface area (Å²) in [6, 6.07) is 0. The minimum absolute atomic E-state index is 0.121. The Morgan fingerprint density at radius 3 is 2.80 bits per heavy atom. The van der Waals surface area contributed by atoms with Gasteiger partial charge in [0.2, 0.25) is 5.91 Å². The molecule has 2 saturated heterocycles. The fraction of sp³-hybridized carbons (Fsp3) is 0.750. The Morgan fingerprint density at radius 2 is 2.15 bits per heavy atom. The Balaban J connectivity index is 1.81. The summed E-state index contributed by atoms with van der Waals surface area (Å²) < 4.78 is 14.8.